The molecule has 0 N–H and O–H groups in total. The molecule has 0 bridgehead atoms. The highest BCUT2D eigenvalue weighted by atomic mass is 32.2. The van der Waals surface area contributed by atoms with E-state index in [1.54, 1.807) is 12.1 Å². The van der Waals surface area contributed by atoms with Crippen molar-refractivity contribution in [1.82, 2.24) is 9.29 Å². The first-order valence-electron chi connectivity index (χ1n) is 4.16. The van der Waals surface area contributed by atoms with Crippen LogP contribution in [0.4, 0.5) is 0 Å². The smallest absolute Gasteiger partial charge is 0.240 e. The minimum atomic E-state index is -3.60. The fourth-order valence-corrected chi connectivity index (χ4v) is 2.14. The third kappa shape index (κ3) is 1.92. The number of sulfonamides is 1. The highest BCUT2D eigenvalue weighted by Gasteiger charge is 2.35. The summed E-state index contributed by atoms with van der Waals surface area (Å²) in [5.41, 5.74) is 0. The number of nitrogens with zero attached hydrogens (tertiary/aromatic N) is 4. The van der Waals surface area contributed by atoms with Gasteiger partial charge in [-0.3, -0.25) is 0 Å². The summed E-state index contributed by atoms with van der Waals surface area (Å²) in [6.45, 7) is 0.0441. The Morgan fingerprint density at radius 1 is 1.33 bits per heavy atom. The Hall–Kier alpha value is -1.60. The largest absolute Gasteiger partial charge is 0.397 e. The second-order valence-electron chi connectivity index (χ2n) is 2.76. The maximum Gasteiger partial charge on any atom is 0.397 e. The van der Waals surface area contributed by atoms with E-state index < -0.39 is 10.0 Å². The van der Waals surface area contributed by atoms with Gasteiger partial charge >= 0.3 is 10.0 Å². The van der Waals surface area contributed by atoms with Crippen LogP contribution in [0, 0.1) is 0 Å². The van der Waals surface area contributed by atoms with Crippen molar-refractivity contribution >= 4 is 22.7 Å². The van der Waals surface area contributed by atoms with Crippen molar-refractivity contribution in [3.05, 3.63) is 24.4 Å². The molecule has 15 heavy (non-hydrogen) atoms. The van der Waals surface area contributed by atoms with E-state index in [2.05, 4.69) is 15.0 Å². The second kappa shape index (κ2) is 3.87. The molecule has 0 spiro atoms. The van der Waals surface area contributed by atoms with Gasteiger partial charge in [-0.25, -0.2) is 9.98 Å². The van der Waals surface area contributed by atoms with Gasteiger partial charge in [0, 0.05) is 10.5 Å². The normalized spacial score (nSPS) is 16.8. The molecule has 1 aliphatic rings. The molecule has 0 fully saturated rings. The number of aromatic nitrogens is 1. The monoisotopic (exact) mass is 224 g/mol. The van der Waals surface area contributed by atoms with Gasteiger partial charge in [-0.05, 0) is 12.1 Å². The summed E-state index contributed by atoms with van der Waals surface area (Å²) in [6, 6.07) is 4.70. The third-order valence-corrected chi connectivity index (χ3v) is 3.37. The van der Waals surface area contributed by atoms with Gasteiger partial charge in [-0.15, -0.1) is 0 Å². The lowest BCUT2D eigenvalue weighted by molar-refractivity contribution is 0.563. The van der Waals surface area contributed by atoms with E-state index in [1.807, 2.05) is 0 Å². The summed E-state index contributed by atoms with van der Waals surface area (Å²) in [5.74, 6) is 0. The van der Waals surface area contributed by atoms with E-state index in [-0.39, 0.29) is 11.7 Å². The molecule has 1 aromatic rings. The van der Waals surface area contributed by atoms with Crippen molar-refractivity contribution in [1.29, 1.82) is 0 Å². The van der Waals surface area contributed by atoms with Crippen LogP contribution in [-0.2, 0) is 10.0 Å². The van der Waals surface area contributed by atoms with Crippen LogP contribution in [-0.4, -0.2) is 32.7 Å². The Labute approximate surface area is 87.1 Å². The molecule has 0 saturated heterocycles. The first-order valence-corrected chi connectivity index (χ1v) is 5.60. The first-order chi connectivity index (χ1) is 7.21. The van der Waals surface area contributed by atoms with E-state index >= 15 is 0 Å². The average molecular weight is 224 g/mol. The quantitative estimate of drug-likeness (QED) is 0.660. The van der Waals surface area contributed by atoms with Gasteiger partial charge in [0.1, 0.15) is 6.34 Å². The molecule has 7 heteroatoms. The molecule has 1 aliphatic heterocycles. The summed E-state index contributed by atoms with van der Waals surface area (Å²) in [7, 11) is -3.60. The van der Waals surface area contributed by atoms with Crippen LogP contribution in [0.1, 0.15) is 0 Å². The summed E-state index contributed by atoms with van der Waals surface area (Å²) >= 11 is 0. The SMILES string of the molecule is O=S(=O)(c1ccccn1)[N+]1C=NC=NC1. The Morgan fingerprint density at radius 2 is 2.20 bits per heavy atom. The number of aliphatic imine (C=N–C) groups is 2. The van der Waals surface area contributed by atoms with Gasteiger partial charge in [-0.1, -0.05) is 6.07 Å². The standard InChI is InChI=1S/C8H8N4O2S/c13-15(14,8-3-1-2-4-11-8)12-6-9-5-10-7-12/h1-6H,7H2/q+1. The van der Waals surface area contributed by atoms with Crippen molar-refractivity contribution in [2.24, 2.45) is 9.98 Å². The minimum absolute atomic E-state index is 0.00597. The molecular formula is C8H8N4O2S+. The van der Waals surface area contributed by atoms with Crippen LogP contribution in [0.3, 0.4) is 0 Å². The zero-order valence-corrected chi connectivity index (χ0v) is 8.50. The highest BCUT2D eigenvalue weighted by molar-refractivity contribution is 7.90. The van der Waals surface area contributed by atoms with Gasteiger partial charge in [-0.2, -0.15) is 13.4 Å². The molecule has 77 valence electrons. The summed E-state index contributed by atoms with van der Waals surface area (Å²) in [4.78, 5) is 11.2. The van der Waals surface area contributed by atoms with Crippen molar-refractivity contribution in [2.45, 2.75) is 5.03 Å². The molecule has 2 rings (SSSR count). The summed E-state index contributed by atoms with van der Waals surface area (Å²) in [6.07, 6.45) is 3.96. The fraction of sp³-hybridized carbons (Fsp3) is 0.125. The van der Waals surface area contributed by atoms with Gasteiger partial charge in [0.15, 0.2) is 0 Å². The maximum atomic E-state index is 11.9. The minimum Gasteiger partial charge on any atom is -0.240 e. The third-order valence-electron chi connectivity index (χ3n) is 1.78. The molecular weight excluding hydrogens is 216 g/mol. The van der Waals surface area contributed by atoms with Crippen LogP contribution in [0.2, 0.25) is 0 Å². The van der Waals surface area contributed by atoms with E-state index in [4.69, 9.17) is 0 Å². The van der Waals surface area contributed by atoms with Crippen LogP contribution >= 0.6 is 0 Å². The number of hydrogen-bond donors (Lipinski definition) is 0. The van der Waals surface area contributed by atoms with Crippen molar-refractivity contribution in [3.63, 3.8) is 0 Å². The van der Waals surface area contributed by atoms with Crippen molar-refractivity contribution < 1.29 is 8.42 Å². The van der Waals surface area contributed by atoms with Gasteiger partial charge < -0.3 is 0 Å². The Bertz CT molecular complexity index is 495. The predicted octanol–water partition coefficient (Wildman–Crippen LogP) is -0.0619. The zero-order chi connectivity index (χ0) is 10.7. The fourth-order valence-electron chi connectivity index (χ4n) is 1.06. The molecule has 6 nitrogen and oxygen atoms in total. The predicted molar refractivity (Wildman–Crippen MR) is 55.4 cm³/mol. The molecule has 0 atom stereocenters. The highest BCUT2D eigenvalue weighted by Crippen LogP contribution is 2.09. The van der Waals surface area contributed by atoms with Crippen molar-refractivity contribution in [2.75, 3.05) is 6.67 Å². The molecule has 1 radical (unpaired) electrons. The second-order valence-corrected chi connectivity index (χ2v) is 4.60. The first kappa shape index (κ1) is 9.94. The van der Waals surface area contributed by atoms with Crippen LogP contribution in [0.25, 0.3) is 0 Å². The van der Waals surface area contributed by atoms with Crippen molar-refractivity contribution in [3.8, 4) is 0 Å². The molecule has 1 aromatic heterocycles. The number of pyridine rings is 1. The molecule has 0 aromatic carbocycles. The van der Waals surface area contributed by atoms with Crippen LogP contribution in [0.15, 0.2) is 39.4 Å². The summed E-state index contributed by atoms with van der Waals surface area (Å²) in [5, 5.41) is -0.00597. The Balaban J connectivity index is 2.36. The Kier molecular flexibility index (Phi) is 2.57. The van der Waals surface area contributed by atoms with Gasteiger partial charge in [0.25, 0.3) is 6.34 Å². The van der Waals surface area contributed by atoms with Gasteiger partial charge in [0.05, 0.1) is 0 Å². The molecule has 0 aliphatic carbocycles. The van der Waals surface area contributed by atoms with E-state index in [0.29, 0.717) is 0 Å². The molecule has 0 unspecified atom stereocenters. The molecule has 2 heterocycles. The number of hydrogen-bond acceptors (Lipinski definition) is 5. The Morgan fingerprint density at radius 3 is 2.80 bits per heavy atom. The van der Waals surface area contributed by atoms with E-state index in [1.165, 1.54) is 24.9 Å². The zero-order valence-electron chi connectivity index (χ0n) is 7.68. The lowest BCUT2D eigenvalue weighted by Crippen LogP contribution is -2.37. The van der Waals surface area contributed by atoms with Crippen LogP contribution < -0.4 is 4.31 Å². The van der Waals surface area contributed by atoms with E-state index in [9.17, 15) is 8.42 Å². The maximum absolute atomic E-state index is 11.9. The number of rotatable bonds is 2. The van der Waals surface area contributed by atoms with E-state index in [0.717, 1.165) is 4.31 Å². The summed E-state index contributed by atoms with van der Waals surface area (Å²) < 4.78 is 24.8. The molecule has 0 saturated carbocycles. The lowest BCUT2D eigenvalue weighted by Gasteiger charge is -2.05. The van der Waals surface area contributed by atoms with Crippen LogP contribution in [0.5, 0.6) is 0 Å². The average Bonchev–Trinajstić information content (AvgIpc) is 2.31. The lowest BCUT2D eigenvalue weighted by atomic mass is 10.5. The topological polar surface area (TPSA) is 77.7 Å². The molecule has 0 amide bonds. The van der Waals surface area contributed by atoms with Gasteiger partial charge in [0.2, 0.25) is 11.7 Å².